The highest BCUT2D eigenvalue weighted by Crippen LogP contribution is 2.26. The van der Waals surface area contributed by atoms with Gasteiger partial charge in [0.25, 0.3) is 0 Å². The Morgan fingerprint density at radius 3 is 2.87 bits per heavy atom. The van der Waals surface area contributed by atoms with Gasteiger partial charge in [-0.3, -0.25) is 0 Å². The lowest BCUT2D eigenvalue weighted by Gasteiger charge is -2.04. The summed E-state index contributed by atoms with van der Waals surface area (Å²) in [6.45, 7) is 2.11. The number of aryl methyl sites for hydroxylation is 1. The highest BCUT2D eigenvalue weighted by atomic mass is 79.9. The normalized spacial score (nSPS) is 10.9. The highest BCUT2D eigenvalue weighted by molar-refractivity contribution is 9.10. The van der Waals surface area contributed by atoms with Crippen molar-refractivity contribution < 1.29 is 0 Å². The van der Waals surface area contributed by atoms with E-state index in [0.29, 0.717) is 5.02 Å². The summed E-state index contributed by atoms with van der Waals surface area (Å²) in [5.74, 6) is 0.838. The van der Waals surface area contributed by atoms with Crippen LogP contribution in [0.4, 0.5) is 0 Å². The van der Waals surface area contributed by atoms with Crippen molar-refractivity contribution in [2.45, 2.75) is 19.8 Å². The predicted molar refractivity (Wildman–Crippen MR) is 66.2 cm³/mol. The molecule has 0 saturated heterocycles. The molecule has 0 aliphatic rings. The Hall–Kier alpha value is -0.670. The van der Waals surface area contributed by atoms with Crippen molar-refractivity contribution in [2.24, 2.45) is 0 Å². The second-order valence-electron chi connectivity index (χ2n) is 3.32. The molecule has 0 fully saturated rings. The van der Waals surface area contributed by atoms with E-state index in [4.69, 9.17) is 11.6 Å². The molecule has 78 valence electrons. The summed E-state index contributed by atoms with van der Waals surface area (Å²) >= 11 is 9.53. The predicted octanol–water partition coefficient (Wildman–Crippen LogP) is 4.00. The van der Waals surface area contributed by atoms with Gasteiger partial charge in [0.05, 0.1) is 10.5 Å². The third kappa shape index (κ3) is 2.13. The average Bonchev–Trinajstić information content (AvgIpc) is 2.20. The zero-order valence-corrected chi connectivity index (χ0v) is 10.6. The van der Waals surface area contributed by atoms with E-state index in [1.54, 1.807) is 0 Å². The van der Waals surface area contributed by atoms with Gasteiger partial charge >= 0.3 is 0 Å². The molecule has 0 spiro atoms. The largest absolute Gasteiger partial charge is 0.231 e. The molecular weight excluding hydrogens is 275 g/mol. The molecule has 1 aromatic carbocycles. The van der Waals surface area contributed by atoms with Crippen LogP contribution >= 0.6 is 27.5 Å². The van der Waals surface area contributed by atoms with Crippen LogP contribution in [-0.2, 0) is 6.42 Å². The molecule has 2 aromatic rings. The molecule has 0 radical (unpaired) electrons. The molecule has 2 nitrogen and oxygen atoms in total. The van der Waals surface area contributed by atoms with Gasteiger partial charge in [0.2, 0.25) is 0 Å². The summed E-state index contributed by atoms with van der Waals surface area (Å²) in [6, 6.07) is 5.71. The summed E-state index contributed by atoms with van der Waals surface area (Å²) in [4.78, 5) is 8.83. The van der Waals surface area contributed by atoms with Gasteiger partial charge in [0.1, 0.15) is 10.4 Å². The van der Waals surface area contributed by atoms with Gasteiger partial charge in [-0.1, -0.05) is 24.6 Å². The molecule has 0 saturated carbocycles. The third-order valence-electron chi connectivity index (χ3n) is 2.15. The zero-order valence-electron chi connectivity index (χ0n) is 8.30. The zero-order chi connectivity index (χ0) is 10.8. The van der Waals surface area contributed by atoms with E-state index in [2.05, 4.69) is 32.8 Å². The van der Waals surface area contributed by atoms with Gasteiger partial charge in [-0.15, -0.1) is 0 Å². The lowest BCUT2D eigenvalue weighted by molar-refractivity contribution is 0.840. The number of hydrogen-bond donors (Lipinski definition) is 0. The van der Waals surface area contributed by atoms with E-state index in [9.17, 15) is 0 Å². The molecule has 0 aliphatic carbocycles. The summed E-state index contributed by atoms with van der Waals surface area (Å²) < 4.78 is 0.818. The van der Waals surface area contributed by atoms with Crippen LogP contribution in [0, 0.1) is 0 Å². The first kappa shape index (κ1) is 10.8. The van der Waals surface area contributed by atoms with Gasteiger partial charge < -0.3 is 0 Å². The van der Waals surface area contributed by atoms with Crippen molar-refractivity contribution in [2.75, 3.05) is 0 Å². The minimum Gasteiger partial charge on any atom is -0.231 e. The Bertz CT molecular complexity index is 499. The van der Waals surface area contributed by atoms with Gasteiger partial charge in [0.15, 0.2) is 0 Å². The number of hydrogen-bond acceptors (Lipinski definition) is 2. The van der Waals surface area contributed by atoms with Gasteiger partial charge in [0, 0.05) is 11.8 Å². The quantitative estimate of drug-likeness (QED) is 0.780. The van der Waals surface area contributed by atoms with Crippen LogP contribution in [0.2, 0.25) is 5.02 Å². The van der Waals surface area contributed by atoms with Crippen molar-refractivity contribution in [1.29, 1.82) is 0 Å². The maximum absolute atomic E-state index is 6.09. The Kier molecular flexibility index (Phi) is 3.22. The molecule has 2 rings (SSSR count). The SMILES string of the molecule is CCCc1nc(Br)c2cccc(Cl)c2n1. The fourth-order valence-corrected chi connectivity index (χ4v) is 2.20. The lowest BCUT2D eigenvalue weighted by atomic mass is 10.2. The number of para-hydroxylation sites is 1. The van der Waals surface area contributed by atoms with Crippen LogP contribution in [0.1, 0.15) is 19.2 Å². The summed E-state index contributed by atoms with van der Waals surface area (Å²) in [6.07, 6.45) is 1.90. The first-order valence-corrected chi connectivity index (χ1v) is 6.00. The Morgan fingerprint density at radius 1 is 1.33 bits per heavy atom. The maximum Gasteiger partial charge on any atom is 0.130 e. The third-order valence-corrected chi connectivity index (χ3v) is 3.06. The minimum atomic E-state index is 0.674. The number of rotatable bonds is 2. The molecule has 0 unspecified atom stereocenters. The number of fused-ring (bicyclic) bond motifs is 1. The van der Waals surface area contributed by atoms with Crippen molar-refractivity contribution in [3.05, 3.63) is 33.6 Å². The van der Waals surface area contributed by atoms with Crippen LogP contribution in [0.15, 0.2) is 22.8 Å². The smallest absolute Gasteiger partial charge is 0.130 e. The molecule has 0 aliphatic heterocycles. The number of halogens is 2. The molecule has 1 aromatic heterocycles. The van der Waals surface area contributed by atoms with Crippen molar-refractivity contribution in [1.82, 2.24) is 9.97 Å². The van der Waals surface area contributed by atoms with Crippen LogP contribution in [0.25, 0.3) is 10.9 Å². The average molecular weight is 286 g/mol. The molecule has 0 amide bonds. The second-order valence-corrected chi connectivity index (χ2v) is 4.47. The Labute approximate surface area is 102 Å². The minimum absolute atomic E-state index is 0.674. The standard InChI is InChI=1S/C11H10BrClN2/c1-2-4-9-14-10-7(11(12)15-9)5-3-6-8(10)13/h3,5-6H,2,4H2,1H3. The van der Waals surface area contributed by atoms with Crippen LogP contribution < -0.4 is 0 Å². The van der Waals surface area contributed by atoms with E-state index >= 15 is 0 Å². The van der Waals surface area contributed by atoms with E-state index in [0.717, 1.165) is 34.2 Å². The van der Waals surface area contributed by atoms with Crippen molar-refractivity contribution in [3.63, 3.8) is 0 Å². The first-order valence-electron chi connectivity index (χ1n) is 4.83. The van der Waals surface area contributed by atoms with Gasteiger partial charge in [-0.25, -0.2) is 9.97 Å². The summed E-state index contributed by atoms with van der Waals surface area (Å²) in [7, 11) is 0. The summed E-state index contributed by atoms with van der Waals surface area (Å²) in [5.41, 5.74) is 0.824. The van der Waals surface area contributed by atoms with Crippen LogP contribution in [0.3, 0.4) is 0 Å². The van der Waals surface area contributed by atoms with E-state index in [1.165, 1.54) is 0 Å². The van der Waals surface area contributed by atoms with Gasteiger partial charge in [-0.2, -0.15) is 0 Å². The van der Waals surface area contributed by atoms with Crippen molar-refractivity contribution in [3.8, 4) is 0 Å². The molecule has 1 heterocycles. The number of benzene rings is 1. The van der Waals surface area contributed by atoms with Gasteiger partial charge in [-0.05, 0) is 34.5 Å². The summed E-state index contributed by atoms with van der Waals surface area (Å²) in [5, 5.41) is 1.63. The number of nitrogens with zero attached hydrogens (tertiary/aromatic N) is 2. The molecular formula is C11H10BrClN2. The topological polar surface area (TPSA) is 25.8 Å². The Morgan fingerprint density at radius 2 is 2.13 bits per heavy atom. The van der Waals surface area contributed by atoms with E-state index in [1.807, 2.05) is 18.2 Å². The molecule has 0 N–H and O–H groups in total. The van der Waals surface area contributed by atoms with Crippen LogP contribution in [-0.4, -0.2) is 9.97 Å². The van der Waals surface area contributed by atoms with Crippen molar-refractivity contribution >= 4 is 38.4 Å². The molecule has 0 bridgehead atoms. The molecule has 0 atom stereocenters. The second kappa shape index (κ2) is 4.45. The van der Waals surface area contributed by atoms with Crippen LogP contribution in [0.5, 0.6) is 0 Å². The van der Waals surface area contributed by atoms with E-state index in [-0.39, 0.29) is 0 Å². The monoisotopic (exact) mass is 284 g/mol. The van der Waals surface area contributed by atoms with E-state index < -0.39 is 0 Å². The fraction of sp³-hybridized carbons (Fsp3) is 0.273. The highest BCUT2D eigenvalue weighted by Gasteiger charge is 2.07. The lowest BCUT2D eigenvalue weighted by Crippen LogP contribution is -1.96. The number of aromatic nitrogens is 2. The Balaban J connectivity index is 2.68. The maximum atomic E-state index is 6.09. The fourth-order valence-electron chi connectivity index (χ4n) is 1.46. The first-order chi connectivity index (χ1) is 7.22. The molecule has 15 heavy (non-hydrogen) atoms. The molecule has 4 heteroatoms.